The summed E-state index contributed by atoms with van der Waals surface area (Å²) in [5.41, 5.74) is 4.63. The van der Waals surface area contributed by atoms with Crippen LogP contribution >= 0.6 is 0 Å². The van der Waals surface area contributed by atoms with E-state index in [2.05, 4.69) is 16.4 Å². The van der Waals surface area contributed by atoms with Crippen LogP contribution in [0, 0.1) is 6.92 Å². The van der Waals surface area contributed by atoms with E-state index < -0.39 is 0 Å². The molecule has 1 heterocycles. The third kappa shape index (κ3) is 2.55. The highest BCUT2D eigenvalue weighted by Crippen LogP contribution is 2.34. The molecular weight excluding hydrogens is 236 g/mol. The molecule has 98 valence electrons. The van der Waals surface area contributed by atoms with Crippen molar-refractivity contribution in [3.63, 3.8) is 0 Å². The highest BCUT2D eigenvalue weighted by atomic mass is 16.3. The zero-order chi connectivity index (χ0) is 13.2. The molecule has 0 bridgehead atoms. The minimum Gasteiger partial charge on any atom is -0.508 e. The van der Waals surface area contributed by atoms with Crippen molar-refractivity contribution >= 4 is 5.69 Å². The molecule has 1 aromatic carbocycles. The fraction of sp³-hybridized carbons (Fsp3) is 0.312. The Morgan fingerprint density at radius 2 is 2.16 bits per heavy atom. The lowest BCUT2D eigenvalue weighted by molar-refractivity contribution is 0.472. The number of phenolic OH excluding ortho intramolecular Hbond substituents is 1. The number of nitrogens with one attached hydrogen (secondary N) is 1. The molecule has 2 N–H and O–H groups in total. The first-order valence-electron chi connectivity index (χ1n) is 6.73. The van der Waals surface area contributed by atoms with Gasteiger partial charge in [0.05, 0.1) is 17.9 Å². The largest absolute Gasteiger partial charge is 0.508 e. The lowest BCUT2D eigenvalue weighted by atomic mass is 9.87. The second kappa shape index (κ2) is 4.92. The predicted octanol–water partition coefficient (Wildman–Crippen LogP) is 3.59. The lowest BCUT2D eigenvalue weighted by Gasteiger charge is -2.27. The van der Waals surface area contributed by atoms with Crippen LogP contribution in [0.1, 0.15) is 35.7 Å². The number of anilines is 1. The molecule has 19 heavy (non-hydrogen) atoms. The van der Waals surface area contributed by atoms with Gasteiger partial charge < -0.3 is 10.4 Å². The number of aromatic nitrogens is 1. The quantitative estimate of drug-likeness (QED) is 0.861. The van der Waals surface area contributed by atoms with Gasteiger partial charge in [0, 0.05) is 5.69 Å². The lowest BCUT2D eigenvalue weighted by Crippen LogP contribution is -2.17. The Hall–Kier alpha value is -2.03. The van der Waals surface area contributed by atoms with E-state index in [1.807, 2.05) is 31.3 Å². The van der Waals surface area contributed by atoms with Crippen molar-refractivity contribution in [1.29, 1.82) is 0 Å². The van der Waals surface area contributed by atoms with Crippen molar-refractivity contribution in [3.05, 3.63) is 53.3 Å². The van der Waals surface area contributed by atoms with Crippen LogP contribution in [-0.4, -0.2) is 10.1 Å². The molecule has 1 aromatic heterocycles. The summed E-state index contributed by atoms with van der Waals surface area (Å²) in [4.78, 5) is 4.31. The standard InChI is InChI=1S/C16H18N2O/c1-11-5-6-13(10-17-11)18-16-4-2-3-12-9-14(19)7-8-15(12)16/h5-10,16,18-19H,2-4H2,1H3. The number of aromatic hydroxyl groups is 1. The van der Waals surface area contributed by atoms with Crippen molar-refractivity contribution < 1.29 is 5.11 Å². The summed E-state index contributed by atoms with van der Waals surface area (Å²) in [6.45, 7) is 1.99. The Morgan fingerprint density at radius 3 is 2.95 bits per heavy atom. The normalized spacial score (nSPS) is 17.8. The van der Waals surface area contributed by atoms with Gasteiger partial charge in [0.25, 0.3) is 0 Å². The van der Waals surface area contributed by atoms with Gasteiger partial charge in [-0.2, -0.15) is 0 Å². The molecule has 1 aliphatic carbocycles. The first kappa shape index (κ1) is 12.0. The summed E-state index contributed by atoms with van der Waals surface area (Å²) in [6.07, 6.45) is 5.19. The topological polar surface area (TPSA) is 45.1 Å². The van der Waals surface area contributed by atoms with Crippen molar-refractivity contribution in [2.24, 2.45) is 0 Å². The average Bonchev–Trinajstić information content (AvgIpc) is 2.41. The number of benzene rings is 1. The Kier molecular flexibility index (Phi) is 3.11. The number of nitrogens with zero attached hydrogens (tertiary/aromatic N) is 1. The van der Waals surface area contributed by atoms with Gasteiger partial charge in [-0.1, -0.05) is 6.07 Å². The number of hydrogen-bond acceptors (Lipinski definition) is 3. The molecule has 1 atom stereocenters. The number of aryl methyl sites for hydroxylation is 2. The van der Waals surface area contributed by atoms with Crippen LogP contribution in [0.15, 0.2) is 36.5 Å². The monoisotopic (exact) mass is 254 g/mol. The van der Waals surface area contributed by atoms with E-state index in [9.17, 15) is 5.11 Å². The molecule has 0 amide bonds. The van der Waals surface area contributed by atoms with Gasteiger partial charge in [-0.05, 0) is 61.6 Å². The van der Waals surface area contributed by atoms with E-state index in [1.54, 1.807) is 6.07 Å². The summed E-state index contributed by atoms with van der Waals surface area (Å²) in [7, 11) is 0. The fourth-order valence-electron chi connectivity index (χ4n) is 2.71. The van der Waals surface area contributed by atoms with Crippen LogP contribution in [0.2, 0.25) is 0 Å². The molecule has 0 fully saturated rings. The fourth-order valence-corrected chi connectivity index (χ4v) is 2.71. The van der Waals surface area contributed by atoms with Gasteiger partial charge in [0.15, 0.2) is 0 Å². The van der Waals surface area contributed by atoms with Gasteiger partial charge >= 0.3 is 0 Å². The van der Waals surface area contributed by atoms with Gasteiger partial charge in [-0.15, -0.1) is 0 Å². The van der Waals surface area contributed by atoms with Crippen LogP contribution in [0.4, 0.5) is 5.69 Å². The summed E-state index contributed by atoms with van der Waals surface area (Å²) in [5, 5.41) is 13.1. The van der Waals surface area contributed by atoms with E-state index in [4.69, 9.17) is 0 Å². The average molecular weight is 254 g/mol. The van der Waals surface area contributed by atoms with Gasteiger partial charge in [-0.3, -0.25) is 4.98 Å². The summed E-state index contributed by atoms with van der Waals surface area (Å²) in [6, 6.07) is 10.1. The number of rotatable bonds is 2. The molecule has 0 aliphatic heterocycles. The maximum Gasteiger partial charge on any atom is 0.115 e. The number of fused-ring (bicyclic) bond motifs is 1. The van der Waals surface area contributed by atoms with Crippen LogP contribution in [0.5, 0.6) is 5.75 Å². The molecule has 1 aliphatic rings. The predicted molar refractivity (Wildman–Crippen MR) is 76.4 cm³/mol. The Balaban J connectivity index is 1.85. The molecule has 0 radical (unpaired) electrons. The third-order valence-corrected chi connectivity index (χ3v) is 3.69. The molecule has 3 heteroatoms. The zero-order valence-corrected chi connectivity index (χ0v) is 11.1. The van der Waals surface area contributed by atoms with Crippen LogP contribution in [0.3, 0.4) is 0 Å². The second-order valence-electron chi connectivity index (χ2n) is 5.16. The molecule has 0 saturated heterocycles. The van der Waals surface area contributed by atoms with Crippen LogP contribution in [-0.2, 0) is 6.42 Å². The Labute approximate surface area is 113 Å². The smallest absolute Gasteiger partial charge is 0.115 e. The maximum absolute atomic E-state index is 9.56. The first-order valence-corrected chi connectivity index (χ1v) is 6.73. The number of pyridine rings is 1. The molecule has 0 saturated carbocycles. The van der Waals surface area contributed by atoms with E-state index in [0.717, 1.165) is 30.6 Å². The maximum atomic E-state index is 9.56. The number of phenols is 1. The van der Waals surface area contributed by atoms with Crippen molar-refractivity contribution in [2.75, 3.05) is 5.32 Å². The van der Waals surface area contributed by atoms with Crippen LogP contribution < -0.4 is 5.32 Å². The van der Waals surface area contributed by atoms with E-state index in [1.165, 1.54) is 11.1 Å². The molecule has 3 rings (SSSR count). The molecular formula is C16H18N2O. The highest BCUT2D eigenvalue weighted by molar-refractivity contribution is 5.47. The summed E-state index contributed by atoms with van der Waals surface area (Å²) in [5.74, 6) is 0.358. The molecule has 1 unspecified atom stereocenters. The van der Waals surface area contributed by atoms with Crippen LogP contribution in [0.25, 0.3) is 0 Å². The van der Waals surface area contributed by atoms with Crippen molar-refractivity contribution in [2.45, 2.75) is 32.2 Å². The van der Waals surface area contributed by atoms with Gasteiger partial charge in [0.2, 0.25) is 0 Å². The summed E-state index contributed by atoms with van der Waals surface area (Å²) >= 11 is 0. The minimum absolute atomic E-state index is 0.314. The molecule has 2 aromatic rings. The Bertz CT molecular complexity index is 578. The van der Waals surface area contributed by atoms with Crippen molar-refractivity contribution in [1.82, 2.24) is 4.98 Å². The van der Waals surface area contributed by atoms with E-state index in [-0.39, 0.29) is 0 Å². The highest BCUT2D eigenvalue weighted by Gasteiger charge is 2.20. The van der Waals surface area contributed by atoms with Crippen molar-refractivity contribution in [3.8, 4) is 5.75 Å². The summed E-state index contributed by atoms with van der Waals surface area (Å²) < 4.78 is 0. The minimum atomic E-state index is 0.314. The molecule has 0 spiro atoms. The van der Waals surface area contributed by atoms with E-state index in [0.29, 0.717) is 11.8 Å². The third-order valence-electron chi connectivity index (χ3n) is 3.69. The second-order valence-corrected chi connectivity index (χ2v) is 5.16. The van der Waals surface area contributed by atoms with Gasteiger partial charge in [0.1, 0.15) is 5.75 Å². The molecule has 3 nitrogen and oxygen atoms in total. The SMILES string of the molecule is Cc1ccc(NC2CCCc3cc(O)ccc32)cn1. The van der Waals surface area contributed by atoms with E-state index >= 15 is 0 Å². The number of hydrogen-bond donors (Lipinski definition) is 2. The Morgan fingerprint density at radius 1 is 1.26 bits per heavy atom. The van der Waals surface area contributed by atoms with Gasteiger partial charge in [-0.25, -0.2) is 0 Å². The zero-order valence-electron chi connectivity index (χ0n) is 11.1. The first-order chi connectivity index (χ1) is 9.22.